The van der Waals surface area contributed by atoms with Crippen LogP contribution in [0.5, 0.6) is 0 Å². The summed E-state index contributed by atoms with van der Waals surface area (Å²) in [5.41, 5.74) is 1.36. The molecule has 2 N–H and O–H groups in total. The maximum absolute atomic E-state index is 13.5. The number of methoxy groups -OCH3 is 1. The van der Waals surface area contributed by atoms with E-state index in [9.17, 15) is 22.8 Å². The maximum atomic E-state index is 13.5. The number of amides is 2. The van der Waals surface area contributed by atoms with Gasteiger partial charge < -0.3 is 14.5 Å². The van der Waals surface area contributed by atoms with E-state index in [4.69, 9.17) is 4.42 Å². The Hall–Kier alpha value is -4.06. The van der Waals surface area contributed by atoms with Crippen molar-refractivity contribution in [2.75, 3.05) is 18.6 Å². The summed E-state index contributed by atoms with van der Waals surface area (Å²) < 4.78 is 36.1. The standard InChI is InChI=1S/C27H30N4O7S/c1-3-19(23(32)26-30-20-11-7-8-12-22(20)38-26)29-25(33)21(16-39(35,36)15-17-13-14-17)28-24(31-27(34)37-2)18-9-5-4-6-10-18/h4-12,17,19,21H,3,13-16H2,1-2H3,(H,29,33)(H,28,31,34)/t19-,21-/m0/s1. The highest BCUT2D eigenvalue weighted by molar-refractivity contribution is 7.91. The van der Waals surface area contributed by atoms with Crippen molar-refractivity contribution in [3.05, 3.63) is 66.1 Å². The zero-order valence-corrected chi connectivity index (χ0v) is 22.4. The number of carbonyl (C=O) groups excluding carboxylic acids is 3. The van der Waals surface area contributed by atoms with E-state index >= 15 is 0 Å². The fourth-order valence-corrected chi connectivity index (χ4v) is 5.84. The highest BCUT2D eigenvalue weighted by Gasteiger charge is 2.34. The number of amidine groups is 1. The van der Waals surface area contributed by atoms with Gasteiger partial charge >= 0.3 is 6.09 Å². The van der Waals surface area contributed by atoms with E-state index in [1.165, 1.54) is 7.11 Å². The second kappa shape index (κ2) is 12.2. The van der Waals surface area contributed by atoms with E-state index in [1.54, 1.807) is 61.5 Å². The highest BCUT2D eigenvalue weighted by atomic mass is 32.2. The van der Waals surface area contributed by atoms with E-state index in [2.05, 4.69) is 25.3 Å². The number of aliphatic imine (C=N–C) groups is 1. The number of sulfone groups is 1. The number of ketones is 1. The van der Waals surface area contributed by atoms with Crippen molar-refractivity contribution in [1.29, 1.82) is 0 Å². The lowest BCUT2D eigenvalue weighted by molar-refractivity contribution is -0.122. The molecule has 0 bridgehead atoms. The molecule has 1 aliphatic carbocycles. The SMILES string of the molecule is CC[C@H](NC(=O)[C@H](CS(=O)(=O)CC1CC1)N=C(NC(=O)OC)c1ccccc1)C(=O)c1nc2ccccc2o1. The molecule has 12 heteroatoms. The van der Waals surface area contributed by atoms with Crippen LogP contribution < -0.4 is 10.6 Å². The second-order valence-corrected chi connectivity index (χ2v) is 11.5. The Morgan fingerprint density at radius 3 is 2.44 bits per heavy atom. The first-order chi connectivity index (χ1) is 18.7. The molecular weight excluding hydrogens is 524 g/mol. The summed E-state index contributed by atoms with van der Waals surface area (Å²) in [5.74, 6) is -2.14. The monoisotopic (exact) mass is 554 g/mol. The van der Waals surface area contributed by atoms with Crippen LogP contribution in [0.15, 0.2) is 64.0 Å². The Balaban J connectivity index is 1.63. The smallest absolute Gasteiger partial charge is 0.412 e. The molecule has 1 aliphatic rings. The molecule has 1 heterocycles. The zero-order chi connectivity index (χ0) is 28.0. The van der Waals surface area contributed by atoms with E-state index in [1.807, 2.05) is 0 Å². The van der Waals surface area contributed by atoms with Crippen molar-refractivity contribution >= 4 is 44.6 Å². The van der Waals surface area contributed by atoms with Gasteiger partial charge in [-0.05, 0) is 37.3 Å². The molecule has 1 aromatic heterocycles. The van der Waals surface area contributed by atoms with Crippen LogP contribution in [-0.4, -0.2) is 67.7 Å². The Morgan fingerprint density at radius 2 is 1.79 bits per heavy atom. The number of ether oxygens (including phenoxy) is 1. The molecule has 0 radical (unpaired) electrons. The van der Waals surface area contributed by atoms with Gasteiger partial charge in [-0.25, -0.2) is 18.2 Å². The van der Waals surface area contributed by atoms with Crippen molar-refractivity contribution in [2.24, 2.45) is 10.9 Å². The predicted octanol–water partition coefficient (Wildman–Crippen LogP) is 2.90. The normalized spacial score (nSPS) is 15.4. The van der Waals surface area contributed by atoms with Gasteiger partial charge in [0.05, 0.1) is 24.7 Å². The molecule has 2 amide bonds. The third-order valence-electron chi connectivity index (χ3n) is 6.18. The minimum absolute atomic E-state index is 0.0393. The van der Waals surface area contributed by atoms with E-state index in [0.717, 1.165) is 12.8 Å². The molecule has 11 nitrogen and oxygen atoms in total. The van der Waals surface area contributed by atoms with Crippen LogP contribution in [0.2, 0.25) is 0 Å². The molecule has 0 spiro atoms. The molecule has 39 heavy (non-hydrogen) atoms. The molecule has 2 atom stereocenters. The number of rotatable bonds is 11. The molecule has 1 saturated carbocycles. The summed E-state index contributed by atoms with van der Waals surface area (Å²) in [4.78, 5) is 47.3. The summed E-state index contributed by atoms with van der Waals surface area (Å²) in [6.07, 6.45) is 0.987. The number of alkyl carbamates (subject to hydrolysis) is 1. The summed E-state index contributed by atoms with van der Waals surface area (Å²) in [5, 5.41) is 5.08. The Bertz CT molecular complexity index is 1450. The van der Waals surface area contributed by atoms with Crippen LogP contribution in [0.4, 0.5) is 4.79 Å². The van der Waals surface area contributed by atoms with E-state index in [-0.39, 0.29) is 29.8 Å². The Morgan fingerprint density at radius 1 is 1.10 bits per heavy atom. The minimum atomic E-state index is -3.68. The molecule has 0 saturated heterocycles. The van der Waals surface area contributed by atoms with Crippen molar-refractivity contribution in [3.8, 4) is 0 Å². The van der Waals surface area contributed by atoms with Crippen LogP contribution in [0.25, 0.3) is 11.1 Å². The van der Waals surface area contributed by atoms with Gasteiger partial charge in [-0.3, -0.25) is 19.9 Å². The van der Waals surface area contributed by atoms with Crippen molar-refractivity contribution < 1.29 is 32.0 Å². The summed E-state index contributed by atoms with van der Waals surface area (Å²) in [6.45, 7) is 1.70. The van der Waals surface area contributed by atoms with Crippen molar-refractivity contribution in [2.45, 2.75) is 38.3 Å². The fourth-order valence-electron chi connectivity index (χ4n) is 3.95. The average Bonchev–Trinajstić information content (AvgIpc) is 3.62. The quantitative estimate of drug-likeness (QED) is 0.208. The van der Waals surface area contributed by atoms with Crippen LogP contribution in [-0.2, 0) is 19.4 Å². The summed E-state index contributed by atoms with van der Waals surface area (Å²) in [7, 11) is -2.51. The average molecular weight is 555 g/mol. The lowest BCUT2D eigenvalue weighted by atomic mass is 10.1. The highest BCUT2D eigenvalue weighted by Crippen LogP contribution is 2.30. The van der Waals surface area contributed by atoms with E-state index in [0.29, 0.717) is 16.7 Å². The number of carbonyl (C=O) groups is 3. The number of nitrogens with zero attached hydrogens (tertiary/aromatic N) is 2. The lowest BCUT2D eigenvalue weighted by Crippen LogP contribution is -2.47. The molecule has 4 rings (SSSR count). The second-order valence-electron chi connectivity index (χ2n) is 9.32. The molecule has 3 aromatic rings. The molecule has 0 unspecified atom stereocenters. The number of para-hydroxylation sites is 2. The molecule has 1 fully saturated rings. The summed E-state index contributed by atoms with van der Waals surface area (Å²) in [6, 6.07) is 12.8. The Kier molecular flexibility index (Phi) is 8.75. The topological polar surface area (TPSA) is 157 Å². The van der Waals surface area contributed by atoms with Gasteiger partial charge in [0.25, 0.3) is 5.89 Å². The van der Waals surface area contributed by atoms with Gasteiger partial charge in [0, 0.05) is 5.56 Å². The molecule has 206 valence electrons. The van der Waals surface area contributed by atoms with Gasteiger partial charge in [0.15, 0.2) is 15.4 Å². The first-order valence-corrected chi connectivity index (χ1v) is 14.4. The number of hydrogen-bond donors (Lipinski definition) is 2. The number of benzene rings is 2. The lowest BCUT2D eigenvalue weighted by Gasteiger charge is -2.19. The van der Waals surface area contributed by atoms with Gasteiger partial charge in [0.2, 0.25) is 11.7 Å². The number of aromatic nitrogens is 1. The number of fused-ring (bicyclic) bond motifs is 1. The number of hydrogen-bond acceptors (Lipinski definition) is 9. The van der Waals surface area contributed by atoms with Gasteiger partial charge in [-0.15, -0.1) is 0 Å². The van der Waals surface area contributed by atoms with Gasteiger partial charge in [-0.2, -0.15) is 0 Å². The van der Waals surface area contributed by atoms with Crippen LogP contribution in [0, 0.1) is 5.92 Å². The van der Waals surface area contributed by atoms with Gasteiger partial charge in [0.1, 0.15) is 17.4 Å². The predicted molar refractivity (Wildman–Crippen MR) is 144 cm³/mol. The zero-order valence-electron chi connectivity index (χ0n) is 21.6. The molecular formula is C27H30N4O7S. The minimum Gasteiger partial charge on any atom is -0.453 e. The van der Waals surface area contributed by atoms with Crippen LogP contribution in [0.1, 0.15) is 42.4 Å². The first-order valence-electron chi connectivity index (χ1n) is 12.6. The van der Waals surface area contributed by atoms with E-state index < -0.39 is 45.5 Å². The van der Waals surface area contributed by atoms with Crippen LogP contribution >= 0.6 is 0 Å². The summed E-state index contributed by atoms with van der Waals surface area (Å²) >= 11 is 0. The number of Topliss-reactive ketones (excluding diaryl/α,β-unsaturated/α-hetero) is 1. The first kappa shape index (κ1) is 28.0. The molecule has 2 aromatic carbocycles. The third kappa shape index (κ3) is 7.50. The Labute approximate surface area is 226 Å². The number of oxazole rings is 1. The van der Waals surface area contributed by atoms with Crippen molar-refractivity contribution in [3.63, 3.8) is 0 Å². The van der Waals surface area contributed by atoms with Gasteiger partial charge in [-0.1, -0.05) is 49.4 Å². The number of nitrogens with one attached hydrogen (secondary N) is 2. The van der Waals surface area contributed by atoms with Crippen LogP contribution in [0.3, 0.4) is 0 Å². The molecule has 0 aliphatic heterocycles. The largest absolute Gasteiger partial charge is 0.453 e. The maximum Gasteiger partial charge on any atom is 0.412 e. The van der Waals surface area contributed by atoms with Crippen molar-refractivity contribution in [1.82, 2.24) is 15.6 Å². The fraction of sp³-hybridized carbons (Fsp3) is 0.370. The third-order valence-corrected chi connectivity index (χ3v) is 7.99.